The zero-order valence-corrected chi connectivity index (χ0v) is 9.43. The van der Waals surface area contributed by atoms with Crippen LogP contribution in [-0.4, -0.2) is 20.4 Å². The van der Waals surface area contributed by atoms with Crippen LogP contribution in [0.2, 0.25) is 0 Å². The number of fused-ring (bicyclic) bond motifs is 1. The molecular weight excluding hydrogens is 200 g/mol. The number of aromatic nitrogens is 3. The summed E-state index contributed by atoms with van der Waals surface area (Å²) in [4.78, 5) is 8.32. The van der Waals surface area contributed by atoms with E-state index < -0.39 is 0 Å². The second-order valence-electron chi connectivity index (χ2n) is 3.86. The Morgan fingerprint density at radius 2 is 2.44 bits per heavy atom. The van der Waals surface area contributed by atoms with Gasteiger partial charge in [0, 0.05) is 25.0 Å². The Balaban J connectivity index is 2.07. The van der Waals surface area contributed by atoms with E-state index in [9.17, 15) is 0 Å². The minimum absolute atomic E-state index is 0.435. The van der Waals surface area contributed by atoms with Crippen molar-refractivity contribution in [2.75, 3.05) is 0 Å². The van der Waals surface area contributed by atoms with Gasteiger partial charge >= 0.3 is 0 Å². The van der Waals surface area contributed by atoms with Crippen molar-refractivity contribution in [3.63, 3.8) is 0 Å². The third-order valence-electron chi connectivity index (χ3n) is 2.55. The van der Waals surface area contributed by atoms with Crippen molar-refractivity contribution >= 4 is 5.65 Å². The molecule has 4 heteroatoms. The quantitative estimate of drug-likeness (QED) is 0.775. The van der Waals surface area contributed by atoms with E-state index in [1.165, 1.54) is 0 Å². The molecule has 1 unspecified atom stereocenters. The van der Waals surface area contributed by atoms with Gasteiger partial charge in [0.2, 0.25) is 0 Å². The monoisotopic (exact) mass is 216 g/mol. The molecule has 0 saturated carbocycles. The fourth-order valence-corrected chi connectivity index (χ4v) is 1.64. The lowest BCUT2D eigenvalue weighted by Gasteiger charge is -2.10. The first-order chi connectivity index (χ1) is 7.81. The third-order valence-corrected chi connectivity index (χ3v) is 2.55. The van der Waals surface area contributed by atoms with Crippen LogP contribution in [0, 0.1) is 0 Å². The molecule has 0 amide bonds. The molecule has 2 aromatic heterocycles. The van der Waals surface area contributed by atoms with Crippen LogP contribution in [0.3, 0.4) is 0 Å². The van der Waals surface area contributed by atoms with Crippen LogP contribution in [0.15, 0.2) is 37.4 Å². The molecule has 0 radical (unpaired) electrons. The van der Waals surface area contributed by atoms with Gasteiger partial charge in [-0.05, 0) is 13.3 Å². The van der Waals surface area contributed by atoms with E-state index in [0.29, 0.717) is 6.04 Å². The lowest BCUT2D eigenvalue weighted by atomic mass is 10.2. The van der Waals surface area contributed by atoms with Gasteiger partial charge in [-0.3, -0.25) is 9.38 Å². The summed E-state index contributed by atoms with van der Waals surface area (Å²) in [5.41, 5.74) is 2.03. The first-order valence-electron chi connectivity index (χ1n) is 5.41. The minimum Gasteiger partial charge on any atom is -0.308 e. The van der Waals surface area contributed by atoms with Crippen molar-refractivity contribution in [1.82, 2.24) is 19.7 Å². The highest BCUT2D eigenvalue weighted by Crippen LogP contribution is 2.04. The normalized spacial score (nSPS) is 12.8. The molecule has 2 rings (SSSR count). The molecule has 0 bridgehead atoms. The summed E-state index contributed by atoms with van der Waals surface area (Å²) in [7, 11) is 0. The highest BCUT2D eigenvalue weighted by atomic mass is 15.0. The third kappa shape index (κ3) is 2.28. The zero-order valence-electron chi connectivity index (χ0n) is 9.43. The maximum atomic E-state index is 4.28. The van der Waals surface area contributed by atoms with Gasteiger partial charge in [-0.1, -0.05) is 6.08 Å². The lowest BCUT2D eigenvalue weighted by molar-refractivity contribution is 0.546. The molecule has 0 aliphatic heterocycles. The Hall–Kier alpha value is -1.68. The SMILES string of the molecule is C=CCC(C)NCc1cnc2cnccn12. The van der Waals surface area contributed by atoms with Gasteiger partial charge in [0.25, 0.3) is 0 Å². The van der Waals surface area contributed by atoms with Crippen molar-refractivity contribution in [2.45, 2.75) is 25.9 Å². The smallest absolute Gasteiger partial charge is 0.155 e. The largest absolute Gasteiger partial charge is 0.308 e. The maximum Gasteiger partial charge on any atom is 0.155 e. The molecule has 16 heavy (non-hydrogen) atoms. The van der Waals surface area contributed by atoms with E-state index in [-0.39, 0.29) is 0 Å². The molecule has 0 aromatic carbocycles. The molecule has 0 saturated heterocycles. The minimum atomic E-state index is 0.435. The van der Waals surface area contributed by atoms with Crippen LogP contribution in [-0.2, 0) is 6.54 Å². The predicted molar refractivity (Wildman–Crippen MR) is 64.1 cm³/mol. The summed E-state index contributed by atoms with van der Waals surface area (Å²) in [6.07, 6.45) is 10.2. The van der Waals surface area contributed by atoms with Gasteiger partial charge in [-0.2, -0.15) is 0 Å². The van der Waals surface area contributed by atoms with Crippen molar-refractivity contribution in [3.05, 3.63) is 43.1 Å². The summed E-state index contributed by atoms with van der Waals surface area (Å²) >= 11 is 0. The van der Waals surface area contributed by atoms with Crippen LogP contribution in [0.1, 0.15) is 19.0 Å². The van der Waals surface area contributed by atoms with Gasteiger partial charge in [-0.25, -0.2) is 4.98 Å². The first-order valence-corrected chi connectivity index (χ1v) is 5.41. The maximum absolute atomic E-state index is 4.28. The molecular formula is C12H16N4. The topological polar surface area (TPSA) is 42.2 Å². The van der Waals surface area contributed by atoms with Crippen LogP contribution >= 0.6 is 0 Å². The molecule has 2 aromatic rings. The number of hydrogen-bond donors (Lipinski definition) is 1. The van der Waals surface area contributed by atoms with Crippen molar-refractivity contribution in [2.24, 2.45) is 0 Å². The van der Waals surface area contributed by atoms with Crippen LogP contribution in [0.25, 0.3) is 5.65 Å². The summed E-state index contributed by atoms with van der Waals surface area (Å²) < 4.78 is 2.04. The van der Waals surface area contributed by atoms with Gasteiger partial charge in [0.05, 0.1) is 18.1 Å². The Kier molecular flexibility index (Phi) is 3.31. The van der Waals surface area contributed by atoms with Crippen molar-refractivity contribution < 1.29 is 0 Å². The molecule has 1 N–H and O–H groups in total. The predicted octanol–water partition coefficient (Wildman–Crippen LogP) is 1.78. The number of imidazole rings is 1. The molecule has 1 atom stereocenters. The summed E-state index contributed by atoms with van der Waals surface area (Å²) in [6.45, 7) is 6.68. The second-order valence-corrected chi connectivity index (χ2v) is 3.86. The molecule has 4 nitrogen and oxygen atoms in total. The summed E-state index contributed by atoms with van der Waals surface area (Å²) in [5.74, 6) is 0. The van der Waals surface area contributed by atoms with Crippen molar-refractivity contribution in [1.29, 1.82) is 0 Å². The van der Waals surface area contributed by atoms with E-state index in [1.54, 1.807) is 12.4 Å². The second kappa shape index (κ2) is 4.90. The molecule has 2 heterocycles. The fourth-order valence-electron chi connectivity index (χ4n) is 1.64. The molecule has 0 aliphatic carbocycles. The van der Waals surface area contributed by atoms with E-state index in [2.05, 4.69) is 28.8 Å². The number of hydrogen-bond acceptors (Lipinski definition) is 3. The van der Waals surface area contributed by atoms with E-state index in [4.69, 9.17) is 0 Å². The van der Waals surface area contributed by atoms with Crippen molar-refractivity contribution in [3.8, 4) is 0 Å². The van der Waals surface area contributed by atoms with E-state index in [1.807, 2.05) is 22.9 Å². The van der Waals surface area contributed by atoms with Gasteiger partial charge in [0.1, 0.15) is 0 Å². The van der Waals surface area contributed by atoms with Gasteiger partial charge in [-0.15, -0.1) is 6.58 Å². The number of nitrogens with zero attached hydrogens (tertiary/aromatic N) is 3. The average Bonchev–Trinajstić information content (AvgIpc) is 2.70. The van der Waals surface area contributed by atoms with E-state index in [0.717, 1.165) is 24.3 Å². The first kappa shape index (κ1) is 10.8. The molecule has 84 valence electrons. The Morgan fingerprint density at radius 3 is 3.25 bits per heavy atom. The van der Waals surface area contributed by atoms with Gasteiger partial charge < -0.3 is 5.32 Å². The Labute approximate surface area is 95.0 Å². The average molecular weight is 216 g/mol. The van der Waals surface area contributed by atoms with Crippen LogP contribution in [0.4, 0.5) is 0 Å². The number of rotatable bonds is 5. The standard InChI is InChI=1S/C12H16N4/c1-3-4-10(2)14-7-11-8-15-12-9-13-5-6-16(11)12/h3,5-6,8-10,14H,1,4,7H2,2H3. The lowest BCUT2D eigenvalue weighted by Crippen LogP contribution is -2.25. The molecule has 0 spiro atoms. The molecule has 0 fully saturated rings. The zero-order chi connectivity index (χ0) is 11.4. The Morgan fingerprint density at radius 1 is 1.56 bits per heavy atom. The fraction of sp³-hybridized carbons (Fsp3) is 0.333. The molecule has 0 aliphatic rings. The van der Waals surface area contributed by atoms with Crippen LogP contribution < -0.4 is 5.32 Å². The number of nitrogens with one attached hydrogen (secondary N) is 1. The van der Waals surface area contributed by atoms with E-state index >= 15 is 0 Å². The summed E-state index contributed by atoms with van der Waals surface area (Å²) in [6, 6.07) is 0.435. The summed E-state index contributed by atoms with van der Waals surface area (Å²) in [5, 5.41) is 3.43. The van der Waals surface area contributed by atoms with Gasteiger partial charge in [0.15, 0.2) is 5.65 Å². The van der Waals surface area contributed by atoms with Crippen LogP contribution in [0.5, 0.6) is 0 Å². The Bertz CT molecular complexity index is 475. The highest BCUT2D eigenvalue weighted by molar-refractivity contribution is 5.36. The highest BCUT2D eigenvalue weighted by Gasteiger charge is 2.04.